The van der Waals surface area contributed by atoms with Crippen molar-refractivity contribution in [3.8, 4) is 0 Å². The summed E-state index contributed by atoms with van der Waals surface area (Å²) in [7, 11) is 1.97. The van der Waals surface area contributed by atoms with Crippen LogP contribution in [-0.4, -0.2) is 21.6 Å². The van der Waals surface area contributed by atoms with Crippen LogP contribution in [0.3, 0.4) is 0 Å². The fraction of sp³-hybridized carbons (Fsp3) is 0.312. The molecule has 5 heteroatoms. The van der Waals surface area contributed by atoms with Crippen molar-refractivity contribution in [2.24, 2.45) is 0 Å². The SMILES string of the molecule is CNC(c1snnc1C(C)C)c1cccc2cccnc12. The molecule has 0 amide bonds. The first kappa shape index (κ1) is 14.1. The van der Waals surface area contributed by atoms with E-state index in [2.05, 4.69) is 58.0 Å². The van der Waals surface area contributed by atoms with Crippen LogP contribution >= 0.6 is 11.5 Å². The van der Waals surface area contributed by atoms with E-state index in [-0.39, 0.29) is 6.04 Å². The van der Waals surface area contributed by atoms with Crippen molar-refractivity contribution in [2.45, 2.75) is 25.8 Å². The van der Waals surface area contributed by atoms with E-state index in [0.29, 0.717) is 5.92 Å². The van der Waals surface area contributed by atoms with Crippen LogP contribution in [0.25, 0.3) is 10.9 Å². The highest BCUT2D eigenvalue weighted by Gasteiger charge is 2.23. The van der Waals surface area contributed by atoms with Gasteiger partial charge < -0.3 is 5.32 Å². The molecule has 1 unspecified atom stereocenters. The third-order valence-corrected chi connectivity index (χ3v) is 4.42. The number of hydrogen-bond donors (Lipinski definition) is 1. The fourth-order valence-electron chi connectivity index (χ4n) is 2.59. The molecule has 1 N–H and O–H groups in total. The van der Waals surface area contributed by atoms with E-state index in [1.807, 2.05) is 19.3 Å². The second kappa shape index (κ2) is 5.87. The summed E-state index contributed by atoms with van der Waals surface area (Å²) in [6, 6.07) is 10.4. The van der Waals surface area contributed by atoms with Gasteiger partial charge in [-0.05, 0) is 30.6 Å². The largest absolute Gasteiger partial charge is 0.308 e. The molecule has 0 aliphatic rings. The molecular weight excluding hydrogens is 280 g/mol. The van der Waals surface area contributed by atoms with Gasteiger partial charge >= 0.3 is 0 Å². The Balaban J connectivity index is 2.17. The van der Waals surface area contributed by atoms with Gasteiger partial charge in [-0.2, -0.15) is 0 Å². The van der Waals surface area contributed by atoms with E-state index < -0.39 is 0 Å². The number of benzene rings is 1. The molecule has 0 aliphatic heterocycles. The molecule has 0 bridgehead atoms. The molecule has 0 saturated heterocycles. The van der Waals surface area contributed by atoms with Crippen LogP contribution in [-0.2, 0) is 0 Å². The Morgan fingerprint density at radius 2 is 1.95 bits per heavy atom. The highest BCUT2D eigenvalue weighted by atomic mass is 32.1. The maximum absolute atomic E-state index is 4.56. The zero-order valence-electron chi connectivity index (χ0n) is 12.4. The number of nitrogens with zero attached hydrogens (tertiary/aromatic N) is 3. The monoisotopic (exact) mass is 298 g/mol. The minimum atomic E-state index is 0.0704. The van der Waals surface area contributed by atoms with Crippen molar-refractivity contribution in [1.82, 2.24) is 19.9 Å². The Labute approximate surface area is 128 Å². The molecule has 21 heavy (non-hydrogen) atoms. The molecule has 0 fully saturated rings. The summed E-state index contributed by atoms with van der Waals surface area (Å²) in [6.07, 6.45) is 1.84. The van der Waals surface area contributed by atoms with Crippen LogP contribution in [0.2, 0.25) is 0 Å². The lowest BCUT2D eigenvalue weighted by Crippen LogP contribution is -2.19. The van der Waals surface area contributed by atoms with Gasteiger partial charge in [0.05, 0.1) is 22.1 Å². The smallest absolute Gasteiger partial charge is 0.0832 e. The molecule has 1 aromatic carbocycles. The highest BCUT2D eigenvalue weighted by molar-refractivity contribution is 7.05. The number of rotatable bonds is 4. The molecule has 4 nitrogen and oxygen atoms in total. The van der Waals surface area contributed by atoms with Gasteiger partial charge in [-0.3, -0.25) is 4.98 Å². The molecule has 3 rings (SSSR count). The Hall–Kier alpha value is -1.85. The quantitative estimate of drug-likeness (QED) is 0.800. The molecule has 0 saturated carbocycles. The van der Waals surface area contributed by atoms with E-state index >= 15 is 0 Å². The summed E-state index contributed by atoms with van der Waals surface area (Å²) in [6.45, 7) is 4.29. The van der Waals surface area contributed by atoms with Gasteiger partial charge in [0.2, 0.25) is 0 Å². The summed E-state index contributed by atoms with van der Waals surface area (Å²) < 4.78 is 4.15. The van der Waals surface area contributed by atoms with E-state index in [1.54, 1.807) is 0 Å². The number of para-hydroxylation sites is 1. The van der Waals surface area contributed by atoms with Crippen molar-refractivity contribution in [2.75, 3.05) is 7.05 Å². The molecule has 0 radical (unpaired) electrons. The van der Waals surface area contributed by atoms with Crippen LogP contribution in [0.5, 0.6) is 0 Å². The lowest BCUT2D eigenvalue weighted by atomic mass is 9.98. The average molecular weight is 298 g/mol. The Morgan fingerprint density at radius 3 is 2.71 bits per heavy atom. The molecule has 0 aliphatic carbocycles. The lowest BCUT2D eigenvalue weighted by Gasteiger charge is -2.18. The zero-order chi connectivity index (χ0) is 14.8. The van der Waals surface area contributed by atoms with Crippen LogP contribution in [0, 0.1) is 0 Å². The van der Waals surface area contributed by atoms with Crippen molar-refractivity contribution in [1.29, 1.82) is 0 Å². The third kappa shape index (κ3) is 2.54. The summed E-state index contributed by atoms with van der Waals surface area (Å²) in [4.78, 5) is 5.73. The molecule has 2 heterocycles. The van der Waals surface area contributed by atoms with Gasteiger partial charge in [-0.25, -0.2) is 0 Å². The predicted octanol–water partition coefficient (Wildman–Crippen LogP) is 3.52. The Bertz CT molecular complexity index is 745. The van der Waals surface area contributed by atoms with E-state index in [4.69, 9.17) is 0 Å². The third-order valence-electron chi connectivity index (χ3n) is 3.61. The van der Waals surface area contributed by atoms with E-state index in [0.717, 1.165) is 16.6 Å². The first-order valence-electron chi connectivity index (χ1n) is 7.05. The van der Waals surface area contributed by atoms with Crippen molar-refractivity contribution < 1.29 is 0 Å². The zero-order valence-corrected chi connectivity index (χ0v) is 13.2. The number of fused-ring (bicyclic) bond motifs is 1. The number of pyridine rings is 1. The maximum atomic E-state index is 4.56. The van der Waals surface area contributed by atoms with Crippen LogP contribution in [0.4, 0.5) is 0 Å². The standard InChI is InChI=1S/C16H18N4S/c1-10(2)13-16(21-20-19-13)15(17-3)12-8-4-6-11-7-5-9-18-14(11)12/h4-10,15,17H,1-3H3. The van der Waals surface area contributed by atoms with E-state index in [9.17, 15) is 0 Å². The minimum Gasteiger partial charge on any atom is -0.308 e. The van der Waals surface area contributed by atoms with Gasteiger partial charge in [0.25, 0.3) is 0 Å². The normalized spacial score (nSPS) is 13.0. The van der Waals surface area contributed by atoms with Gasteiger partial charge in [-0.1, -0.05) is 42.6 Å². The summed E-state index contributed by atoms with van der Waals surface area (Å²) in [5.41, 5.74) is 3.26. The molecular formula is C16H18N4S. The molecule has 2 aromatic heterocycles. The van der Waals surface area contributed by atoms with Gasteiger partial charge in [-0.15, -0.1) is 5.10 Å². The Kier molecular flexibility index (Phi) is 3.94. The molecule has 3 aromatic rings. The number of nitrogens with one attached hydrogen (secondary N) is 1. The molecule has 0 spiro atoms. The fourth-order valence-corrected chi connectivity index (χ4v) is 3.53. The first-order valence-corrected chi connectivity index (χ1v) is 7.82. The van der Waals surface area contributed by atoms with E-state index in [1.165, 1.54) is 22.0 Å². The van der Waals surface area contributed by atoms with Gasteiger partial charge in [0.15, 0.2) is 0 Å². The maximum Gasteiger partial charge on any atom is 0.0832 e. The van der Waals surface area contributed by atoms with Crippen LogP contribution < -0.4 is 5.32 Å². The minimum absolute atomic E-state index is 0.0704. The van der Waals surface area contributed by atoms with Gasteiger partial charge in [0, 0.05) is 17.1 Å². The highest BCUT2D eigenvalue weighted by Crippen LogP contribution is 2.33. The van der Waals surface area contributed by atoms with Crippen LogP contribution in [0.1, 0.15) is 41.9 Å². The molecule has 1 atom stereocenters. The Morgan fingerprint density at radius 1 is 1.14 bits per heavy atom. The summed E-state index contributed by atoms with van der Waals surface area (Å²) in [5.74, 6) is 0.359. The topological polar surface area (TPSA) is 50.7 Å². The second-order valence-electron chi connectivity index (χ2n) is 5.32. The molecule has 108 valence electrons. The van der Waals surface area contributed by atoms with Crippen molar-refractivity contribution in [3.05, 3.63) is 52.7 Å². The summed E-state index contributed by atoms with van der Waals surface area (Å²) in [5, 5.41) is 8.85. The average Bonchev–Trinajstić information content (AvgIpc) is 2.98. The van der Waals surface area contributed by atoms with Crippen molar-refractivity contribution >= 4 is 22.4 Å². The summed E-state index contributed by atoms with van der Waals surface area (Å²) >= 11 is 1.46. The van der Waals surface area contributed by atoms with Crippen molar-refractivity contribution in [3.63, 3.8) is 0 Å². The number of aromatic nitrogens is 3. The van der Waals surface area contributed by atoms with Gasteiger partial charge in [0.1, 0.15) is 0 Å². The number of hydrogen-bond acceptors (Lipinski definition) is 5. The lowest BCUT2D eigenvalue weighted by molar-refractivity contribution is 0.682. The first-order chi connectivity index (χ1) is 10.2. The second-order valence-corrected chi connectivity index (χ2v) is 6.11. The van der Waals surface area contributed by atoms with Crippen LogP contribution in [0.15, 0.2) is 36.5 Å². The predicted molar refractivity (Wildman–Crippen MR) is 86.6 cm³/mol.